The van der Waals surface area contributed by atoms with Crippen molar-refractivity contribution in [2.24, 2.45) is 0 Å². The molecule has 0 saturated carbocycles. The second-order valence-electron chi connectivity index (χ2n) is 1.30. The van der Waals surface area contributed by atoms with E-state index in [1.165, 1.54) is 0 Å². The van der Waals surface area contributed by atoms with Gasteiger partial charge in [0.1, 0.15) is 0 Å². The van der Waals surface area contributed by atoms with Crippen LogP contribution < -0.4 is 0.292 Å². The summed E-state index contributed by atoms with van der Waals surface area (Å²) in [7, 11) is 0. The van der Waals surface area contributed by atoms with E-state index in [2.05, 4.69) is 9.97 Å². The van der Waals surface area contributed by atoms with Crippen molar-refractivity contribution in [3.05, 3.63) is 18.5 Å². The molecule has 32 valence electrons. The van der Waals surface area contributed by atoms with E-state index in [9.17, 15) is 0 Å². The number of hydrogen-bond donors (Lipinski definition) is 0. The first kappa shape index (κ1) is 5.78. The molecular formula is C4H4BaN2. The Balaban J connectivity index is 3.02. The maximum atomic E-state index is 3.97. The molecule has 1 aromatic heterocycles. The Bertz CT molecular complexity index is 140. The van der Waals surface area contributed by atoms with Crippen LogP contribution in [0, 0.1) is 0 Å². The third-order valence-electron chi connectivity index (χ3n) is 0.695. The van der Waals surface area contributed by atoms with E-state index < -0.39 is 0 Å². The third-order valence-corrected chi connectivity index (χ3v) is 2.32. The molecule has 0 aliphatic heterocycles. The first-order valence-electron chi connectivity index (χ1n) is 2.13. The predicted octanol–water partition coefficient (Wildman–Crippen LogP) is -0.997. The summed E-state index contributed by atoms with van der Waals surface area (Å²) in [4.78, 5) is 7.93. The summed E-state index contributed by atoms with van der Waals surface area (Å²) in [5, 5.41) is 0. The Labute approximate surface area is 74.1 Å². The molecule has 0 unspecified atom stereocenters. The summed E-state index contributed by atoms with van der Waals surface area (Å²) in [5.74, 6) is 0. The third kappa shape index (κ3) is 1.92. The van der Waals surface area contributed by atoms with Gasteiger partial charge in [0.2, 0.25) is 0 Å². The standard InChI is InChI=1S/C4H3N2.Ba.H/c1-2-5-4-6-3-1;;/h1-3H;;. The summed E-state index contributed by atoms with van der Waals surface area (Å²) in [6.45, 7) is 0. The van der Waals surface area contributed by atoms with Gasteiger partial charge in [-0.3, -0.25) is 0 Å². The van der Waals surface area contributed by atoms with Gasteiger partial charge in [-0.1, -0.05) is 0 Å². The Morgan fingerprint density at radius 2 is 1.86 bits per heavy atom. The maximum absolute atomic E-state index is 3.97. The van der Waals surface area contributed by atoms with Crippen LogP contribution in [-0.2, 0) is 0 Å². The Hall–Kier alpha value is 0.651. The molecule has 7 heavy (non-hydrogen) atoms. The Morgan fingerprint density at radius 1 is 1.29 bits per heavy atom. The molecule has 0 radical (unpaired) electrons. The average Bonchev–Trinajstić information content (AvgIpc) is 1.69. The number of rotatable bonds is 0. The second kappa shape index (κ2) is 2.84. The van der Waals surface area contributed by atoms with Crippen LogP contribution in [0.2, 0.25) is 0 Å². The zero-order valence-corrected chi connectivity index (χ0v) is 10.4. The van der Waals surface area contributed by atoms with Crippen molar-refractivity contribution in [2.45, 2.75) is 0 Å². The minimum atomic E-state index is 0.406. The van der Waals surface area contributed by atoms with Gasteiger partial charge in [0.15, 0.2) is 0 Å². The van der Waals surface area contributed by atoms with Gasteiger partial charge in [-0.2, -0.15) is 0 Å². The van der Waals surface area contributed by atoms with Crippen LogP contribution in [0.15, 0.2) is 18.5 Å². The van der Waals surface area contributed by atoms with Crippen molar-refractivity contribution in [1.82, 2.24) is 9.97 Å². The number of nitrogens with zero attached hydrogens (tertiary/aromatic N) is 2. The number of aromatic nitrogens is 2. The molecule has 0 bridgehead atoms. The van der Waals surface area contributed by atoms with Crippen molar-refractivity contribution in [1.29, 1.82) is 0 Å². The van der Waals surface area contributed by atoms with Gasteiger partial charge in [-0.15, -0.1) is 0 Å². The van der Waals surface area contributed by atoms with E-state index in [0.717, 1.165) is 0.292 Å². The van der Waals surface area contributed by atoms with Gasteiger partial charge in [-0.05, 0) is 0 Å². The molecule has 2 nitrogen and oxygen atoms in total. The van der Waals surface area contributed by atoms with E-state index in [-0.39, 0.29) is 0 Å². The minimum absolute atomic E-state index is 0.406. The molecule has 0 fully saturated rings. The van der Waals surface area contributed by atoms with Crippen LogP contribution >= 0.6 is 0 Å². The fourth-order valence-electron chi connectivity index (χ4n) is 0.374. The first-order chi connectivity index (χ1) is 3.39. The summed E-state index contributed by atoms with van der Waals surface area (Å²) >= 11 is 0.406. The molecule has 1 heterocycles. The molecule has 0 amide bonds. The normalized spacial score (nSPS) is 8.43. The van der Waals surface area contributed by atoms with Crippen LogP contribution in [0.1, 0.15) is 0 Å². The SMILES string of the molecule is [BaH][c]1ncccn1. The summed E-state index contributed by atoms with van der Waals surface area (Å²) in [6.07, 6.45) is 3.56. The monoisotopic (exact) mass is 218 g/mol. The van der Waals surface area contributed by atoms with E-state index in [1.807, 2.05) is 6.07 Å². The molecule has 0 saturated heterocycles. The zero-order chi connectivity index (χ0) is 5.11. The van der Waals surface area contributed by atoms with Gasteiger partial charge in [0, 0.05) is 0 Å². The van der Waals surface area contributed by atoms with Gasteiger partial charge in [0.25, 0.3) is 0 Å². The van der Waals surface area contributed by atoms with E-state index in [1.54, 1.807) is 12.4 Å². The molecule has 0 aliphatic rings. The molecule has 1 aromatic rings. The van der Waals surface area contributed by atoms with Crippen LogP contribution in [0.25, 0.3) is 0 Å². The second-order valence-corrected chi connectivity index (χ2v) is 4.10. The molecule has 3 heteroatoms. The van der Waals surface area contributed by atoms with Gasteiger partial charge < -0.3 is 0 Å². The van der Waals surface area contributed by atoms with Crippen LogP contribution in [-0.4, -0.2) is 56.5 Å². The fraction of sp³-hybridized carbons (Fsp3) is 0. The zero-order valence-electron chi connectivity index (χ0n) is 4.13. The van der Waals surface area contributed by atoms with Gasteiger partial charge in [0.05, 0.1) is 0 Å². The first-order valence-corrected chi connectivity index (χ1v) is 5.27. The van der Waals surface area contributed by atoms with Crippen LogP contribution in [0.3, 0.4) is 0 Å². The molecule has 0 aliphatic carbocycles. The van der Waals surface area contributed by atoms with Crippen molar-refractivity contribution in [2.75, 3.05) is 0 Å². The fourth-order valence-corrected chi connectivity index (χ4v) is 1.31. The predicted molar refractivity (Wildman–Crippen MR) is 28.8 cm³/mol. The topological polar surface area (TPSA) is 25.8 Å². The van der Waals surface area contributed by atoms with Gasteiger partial charge >= 0.3 is 75.3 Å². The van der Waals surface area contributed by atoms with E-state index >= 15 is 0 Å². The van der Waals surface area contributed by atoms with Crippen molar-refractivity contribution in [3.8, 4) is 0 Å². The Morgan fingerprint density at radius 3 is 2.14 bits per heavy atom. The number of hydrogen-bond acceptors (Lipinski definition) is 2. The van der Waals surface area contributed by atoms with Crippen LogP contribution in [0.4, 0.5) is 0 Å². The molecule has 0 atom stereocenters. The molecule has 0 aromatic carbocycles. The molecular weight excluding hydrogens is 213 g/mol. The van der Waals surface area contributed by atoms with E-state index in [0.29, 0.717) is 46.5 Å². The van der Waals surface area contributed by atoms with E-state index in [4.69, 9.17) is 0 Å². The molecule has 1 rings (SSSR count). The summed E-state index contributed by atoms with van der Waals surface area (Å²) in [6, 6.07) is 1.83. The van der Waals surface area contributed by atoms with Crippen LogP contribution in [0.5, 0.6) is 0 Å². The Kier molecular flexibility index (Phi) is 2.34. The van der Waals surface area contributed by atoms with Crippen molar-refractivity contribution >= 4 is 46.8 Å². The molecule has 0 spiro atoms. The van der Waals surface area contributed by atoms with Gasteiger partial charge in [-0.25, -0.2) is 0 Å². The summed E-state index contributed by atoms with van der Waals surface area (Å²) in [5.41, 5.74) is 0. The van der Waals surface area contributed by atoms with Crippen molar-refractivity contribution < 1.29 is 0 Å². The average molecular weight is 217 g/mol. The summed E-state index contributed by atoms with van der Waals surface area (Å²) < 4.78 is 1.04. The quantitative estimate of drug-likeness (QED) is 0.521. The molecule has 0 N–H and O–H groups in total. The van der Waals surface area contributed by atoms with Crippen molar-refractivity contribution in [3.63, 3.8) is 0 Å².